The number of aromatic nitrogens is 3. The maximum atomic E-state index is 12.5. The molecule has 0 radical (unpaired) electrons. The van der Waals surface area contributed by atoms with Crippen LogP contribution in [-0.4, -0.2) is 44.5 Å². The largest absolute Gasteiger partial charge is 0.387 e. The van der Waals surface area contributed by atoms with Gasteiger partial charge >= 0.3 is 0 Å². The SMILES string of the molecule is CN(C[C@H](O)c1ccccc1)C(=O)c1cn(CCCc2ccccc2)nn1. The molecule has 0 saturated heterocycles. The summed E-state index contributed by atoms with van der Waals surface area (Å²) in [6, 6.07) is 19.6. The molecular formula is C21H24N4O2. The zero-order valence-electron chi connectivity index (χ0n) is 15.4. The molecular weight excluding hydrogens is 340 g/mol. The van der Waals surface area contributed by atoms with Crippen LogP contribution in [0, 0.1) is 0 Å². The lowest BCUT2D eigenvalue weighted by Gasteiger charge is -2.20. The minimum absolute atomic E-state index is 0.198. The number of aliphatic hydroxyl groups excluding tert-OH is 1. The van der Waals surface area contributed by atoms with E-state index in [-0.39, 0.29) is 18.1 Å². The zero-order valence-corrected chi connectivity index (χ0v) is 15.4. The Morgan fingerprint density at radius 1 is 1.11 bits per heavy atom. The van der Waals surface area contributed by atoms with Gasteiger partial charge in [-0.15, -0.1) is 5.10 Å². The first-order chi connectivity index (χ1) is 13.1. The Kier molecular flexibility index (Phi) is 6.33. The van der Waals surface area contributed by atoms with Crippen molar-refractivity contribution in [2.75, 3.05) is 13.6 Å². The topological polar surface area (TPSA) is 71.2 Å². The standard InChI is InChI=1S/C21H24N4O2/c1-24(16-20(26)18-12-6-3-7-13-18)21(27)19-15-25(23-22-19)14-8-11-17-9-4-2-5-10-17/h2-7,9-10,12-13,15,20,26H,8,11,14,16H2,1H3/t20-/m0/s1. The molecule has 0 unspecified atom stereocenters. The minimum atomic E-state index is -0.735. The van der Waals surface area contributed by atoms with Crippen LogP contribution in [-0.2, 0) is 13.0 Å². The Labute approximate surface area is 159 Å². The first kappa shape index (κ1) is 18.8. The molecule has 0 spiro atoms. The van der Waals surface area contributed by atoms with E-state index >= 15 is 0 Å². The van der Waals surface area contributed by atoms with Crippen molar-refractivity contribution in [1.29, 1.82) is 0 Å². The second-order valence-corrected chi connectivity index (χ2v) is 6.57. The molecule has 6 nitrogen and oxygen atoms in total. The maximum Gasteiger partial charge on any atom is 0.275 e. The van der Waals surface area contributed by atoms with E-state index in [1.807, 2.05) is 48.5 Å². The number of likely N-dealkylation sites (N-methyl/N-ethyl adjacent to an activating group) is 1. The molecule has 2 aromatic carbocycles. The number of carbonyl (C=O) groups excluding carboxylic acids is 1. The quantitative estimate of drug-likeness (QED) is 0.667. The summed E-state index contributed by atoms with van der Waals surface area (Å²) in [4.78, 5) is 14.0. The van der Waals surface area contributed by atoms with Gasteiger partial charge in [-0.25, -0.2) is 0 Å². The number of aliphatic hydroxyl groups is 1. The molecule has 1 N–H and O–H groups in total. The van der Waals surface area contributed by atoms with E-state index in [9.17, 15) is 9.90 Å². The smallest absolute Gasteiger partial charge is 0.275 e. The summed E-state index contributed by atoms with van der Waals surface area (Å²) in [6.07, 6.45) is 2.80. The third kappa shape index (κ3) is 5.24. The first-order valence-corrected chi connectivity index (χ1v) is 9.06. The summed E-state index contributed by atoms with van der Waals surface area (Å²) in [5, 5.41) is 18.3. The number of benzene rings is 2. The highest BCUT2D eigenvalue weighted by Crippen LogP contribution is 2.14. The molecule has 140 valence electrons. The van der Waals surface area contributed by atoms with E-state index in [2.05, 4.69) is 22.4 Å². The predicted molar refractivity (Wildman–Crippen MR) is 103 cm³/mol. The Morgan fingerprint density at radius 3 is 2.48 bits per heavy atom. The normalized spacial score (nSPS) is 11.9. The van der Waals surface area contributed by atoms with Crippen LogP contribution in [0.5, 0.6) is 0 Å². The van der Waals surface area contributed by atoms with Crippen LogP contribution < -0.4 is 0 Å². The number of hydrogen-bond acceptors (Lipinski definition) is 4. The van der Waals surface area contributed by atoms with Crippen LogP contribution >= 0.6 is 0 Å². The van der Waals surface area contributed by atoms with Crippen LogP contribution in [0.1, 0.15) is 34.1 Å². The Morgan fingerprint density at radius 2 is 1.78 bits per heavy atom. The third-order valence-electron chi connectivity index (χ3n) is 4.43. The summed E-state index contributed by atoms with van der Waals surface area (Å²) in [5.41, 5.74) is 2.35. The van der Waals surface area contributed by atoms with E-state index in [1.165, 1.54) is 10.5 Å². The summed E-state index contributed by atoms with van der Waals surface area (Å²) >= 11 is 0. The van der Waals surface area contributed by atoms with Crippen molar-refractivity contribution in [3.63, 3.8) is 0 Å². The lowest BCUT2D eigenvalue weighted by molar-refractivity contribution is 0.0675. The van der Waals surface area contributed by atoms with Crippen LogP contribution in [0.3, 0.4) is 0 Å². The number of hydrogen-bond donors (Lipinski definition) is 1. The van der Waals surface area contributed by atoms with Gasteiger partial charge in [0.05, 0.1) is 18.8 Å². The molecule has 0 fully saturated rings. The van der Waals surface area contributed by atoms with Gasteiger partial charge in [0.15, 0.2) is 5.69 Å². The Bertz CT molecular complexity index is 849. The Balaban J connectivity index is 1.51. The highest BCUT2D eigenvalue weighted by atomic mass is 16.3. The van der Waals surface area contributed by atoms with E-state index in [0.29, 0.717) is 6.54 Å². The number of amides is 1. The van der Waals surface area contributed by atoms with Crippen molar-refractivity contribution >= 4 is 5.91 Å². The van der Waals surface area contributed by atoms with Gasteiger partial charge in [-0.05, 0) is 24.0 Å². The fraction of sp³-hybridized carbons (Fsp3) is 0.286. The van der Waals surface area contributed by atoms with Gasteiger partial charge in [0.1, 0.15) is 0 Å². The van der Waals surface area contributed by atoms with E-state index in [0.717, 1.165) is 18.4 Å². The number of nitrogens with zero attached hydrogens (tertiary/aromatic N) is 4. The van der Waals surface area contributed by atoms with Crippen LogP contribution in [0.2, 0.25) is 0 Å². The van der Waals surface area contributed by atoms with Crippen molar-refractivity contribution < 1.29 is 9.90 Å². The molecule has 3 aromatic rings. The lowest BCUT2D eigenvalue weighted by atomic mass is 10.1. The van der Waals surface area contributed by atoms with E-state index in [4.69, 9.17) is 0 Å². The summed E-state index contributed by atoms with van der Waals surface area (Å²) in [7, 11) is 1.66. The third-order valence-corrected chi connectivity index (χ3v) is 4.43. The molecule has 1 heterocycles. The molecule has 1 atom stereocenters. The molecule has 1 amide bonds. The van der Waals surface area contributed by atoms with Gasteiger partial charge in [0, 0.05) is 13.6 Å². The fourth-order valence-corrected chi connectivity index (χ4v) is 2.91. The molecule has 6 heteroatoms. The first-order valence-electron chi connectivity index (χ1n) is 9.06. The van der Waals surface area contributed by atoms with Gasteiger partial charge in [0.25, 0.3) is 5.91 Å². The second kappa shape index (κ2) is 9.09. The number of rotatable bonds is 8. The molecule has 27 heavy (non-hydrogen) atoms. The molecule has 3 rings (SSSR count). The minimum Gasteiger partial charge on any atom is -0.387 e. The maximum absolute atomic E-state index is 12.5. The van der Waals surface area contributed by atoms with E-state index < -0.39 is 6.10 Å². The van der Waals surface area contributed by atoms with Gasteiger partial charge in [0.2, 0.25) is 0 Å². The monoisotopic (exact) mass is 364 g/mol. The van der Waals surface area contributed by atoms with Crippen molar-refractivity contribution in [2.45, 2.75) is 25.5 Å². The molecule has 0 aliphatic heterocycles. The highest BCUT2D eigenvalue weighted by molar-refractivity contribution is 5.91. The lowest BCUT2D eigenvalue weighted by Crippen LogP contribution is -2.31. The van der Waals surface area contributed by atoms with Crippen molar-refractivity contribution in [1.82, 2.24) is 19.9 Å². The van der Waals surface area contributed by atoms with E-state index in [1.54, 1.807) is 17.9 Å². The van der Waals surface area contributed by atoms with Gasteiger partial charge < -0.3 is 10.0 Å². The molecule has 0 aliphatic carbocycles. The van der Waals surface area contributed by atoms with Crippen molar-refractivity contribution in [3.05, 3.63) is 83.7 Å². The number of carbonyl (C=O) groups is 1. The van der Waals surface area contributed by atoms with Gasteiger partial charge in [-0.3, -0.25) is 9.48 Å². The van der Waals surface area contributed by atoms with Gasteiger partial charge in [-0.2, -0.15) is 0 Å². The molecule has 0 aliphatic rings. The van der Waals surface area contributed by atoms with Crippen molar-refractivity contribution in [2.24, 2.45) is 0 Å². The average molecular weight is 364 g/mol. The second-order valence-electron chi connectivity index (χ2n) is 6.57. The molecule has 0 saturated carbocycles. The summed E-state index contributed by atoms with van der Waals surface area (Å²) < 4.78 is 1.69. The fourth-order valence-electron chi connectivity index (χ4n) is 2.91. The van der Waals surface area contributed by atoms with Crippen LogP contribution in [0.15, 0.2) is 66.9 Å². The predicted octanol–water partition coefficient (Wildman–Crippen LogP) is 2.72. The van der Waals surface area contributed by atoms with Gasteiger partial charge in [-0.1, -0.05) is 65.9 Å². The summed E-state index contributed by atoms with van der Waals surface area (Å²) in [6.45, 7) is 0.898. The van der Waals surface area contributed by atoms with Crippen LogP contribution in [0.25, 0.3) is 0 Å². The molecule has 1 aromatic heterocycles. The number of aryl methyl sites for hydroxylation is 2. The average Bonchev–Trinajstić information content (AvgIpc) is 3.17. The van der Waals surface area contributed by atoms with Crippen molar-refractivity contribution in [3.8, 4) is 0 Å². The highest BCUT2D eigenvalue weighted by Gasteiger charge is 2.19. The Hall–Kier alpha value is -2.99. The van der Waals surface area contributed by atoms with Crippen LogP contribution in [0.4, 0.5) is 0 Å². The molecule has 0 bridgehead atoms. The summed E-state index contributed by atoms with van der Waals surface area (Å²) in [5.74, 6) is -0.251. The zero-order chi connectivity index (χ0) is 19.1.